The first-order valence-corrected chi connectivity index (χ1v) is 19.7. The fraction of sp³-hybridized carbons (Fsp3) is 0.636. The first-order chi connectivity index (χ1) is 11.7. The van der Waals surface area contributed by atoms with E-state index in [-0.39, 0.29) is 48.5 Å². The Balaban J connectivity index is 0. The van der Waals surface area contributed by atoms with E-state index >= 15 is 0 Å². The van der Waals surface area contributed by atoms with Crippen molar-refractivity contribution in [2.75, 3.05) is 0 Å². The first kappa shape index (κ1) is 28.7. The molecule has 2 aliphatic rings. The zero-order valence-electron chi connectivity index (χ0n) is 20.0. The minimum atomic E-state index is 0.120. The average Bonchev–Trinajstić information content (AvgIpc) is 2.83. The summed E-state index contributed by atoms with van der Waals surface area (Å²) in [5.74, 6) is 0. The van der Waals surface area contributed by atoms with Crippen LogP contribution in [-0.4, -0.2) is 48.5 Å². The Morgan fingerprint density at radius 2 is 0.500 bits per heavy atom. The predicted octanol–water partition coefficient (Wildman–Crippen LogP) is 7.33. The molecule has 0 aromatic carbocycles. The summed E-state index contributed by atoms with van der Waals surface area (Å²) in [5.41, 5.74) is 6.25. The van der Waals surface area contributed by atoms with Gasteiger partial charge in [0.25, 0.3) is 0 Å². The monoisotopic (exact) mass is 510 g/mol. The smallest absolute Gasteiger partial charge is 0.0379 e. The Labute approximate surface area is 182 Å². The van der Waals surface area contributed by atoms with Crippen LogP contribution in [0.5, 0.6) is 0 Å². The Morgan fingerprint density at radius 3 is 0.538 bits per heavy atom. The average molecular weight is 508 g/mol. The third-order valence-corrected chi connectivity index (χ3v) is 10.4. The minimum absolute atomic E-state index is 0.120. The van der Waals surface area contributed by atoms with Crippen LogP contribution >= 0.6 is 0 Å². The van der Waals surface area contributed by atoms with Crippen LogP contribution in [0.3, 0.4) is 0 Å². The zero-order valence-corrected chi connectivity index (χ0v) is 26.2. The van der Waals surface area contributed by atoms with Gasteiger partial charge in [-0.15, -0.1) is 0 Å². The second-order valence-corrected chi connectivity index (χ2v) is 21.6. The van der Waals surface area contributed by atoms with Crippen LogP contribution in [0.15, 0.2) is 39.9 Å². The molecular weight excluding hydrogens is 466 g/mol. The van der Waals surface area contributed by atoms with Crippen molar-refractivity contribution in [1.29, 1.82) is 0 Å². The van der Waals surface area contributed by atoms with Gasteiger partial charge in [-0.1, -0.05) is 39.3 Å². The van der Waals surface area contributed by atoms with Gasteiger partial charge in [-0.25, -0.2) is 0 Å². The van der Waals surface area contributed by atoms with Gasteiger partial charge in [0.15, 0.2) is 0 Å². The van der Waals surface area contributed by atoms with Crippen LogP contribution in [0, 0.1) is 0 Å². The van der Waals surface area contributed by atoms with E-state index in [0.717, 1.165) is 0 Å². The van der Waals surface area contributed by atoms with Crippen molar-refractivity contribution in [3.05, 3.63) is 39.9 Å². The van der Waals surface area contributed by atoms with Gasteiger partial charge in [0.1, 0.15) is 0 Å². The standard InChI is InChI=1S/2C8H12Ge.2C3H9Si/c2*1-5-6(2)8(4)9-7(5)3;2*1-4(2)3/h2*1-4H3;2*1-3H3. The molecule has 4 heteroatoms. The number of hydrogen-bond acceptors (Lipinski definition) is 0. The maximum atomic E-state index is 2.27. The summed E-state index contributed by atoms with van der Waals surface area (Å²) < 4.78 is 6.69. The van der Waals surface area contributed by atoms with Gasteiger partial charge < -0.3 is 0 Å². The van der Waals surface area contributed by atoms with E-state index in [2.05, 4.69) is 94.7 Å². The summed E-state index contributed by atoms with van der Waals surface area (Å²) in [6.45, 7) is 31.7. The molecule has 0 bridgehead atoms. The topological polar surface area (TPSA) is 0 Å². The molecule has 0 N–H and O–H groups in total. The van der Waals surface area contributed by atoms with Crippen LogP contribution in [0.4, 0.5) is 0 Å². The third kappa shape index (κ3) is 12.8. The Morgan fingerprint density at radius 1 is 0.385 bits per heavy atom. The third-order valence-electron chi connectivity index (χ3n) is 4.12. The van der Waals surface area contributed by atoms with E-state index in [1.807, 2.05) is 0 Å². The maximum Gasteiger partial charge on any atom is 0.0379 e. The van der Waals surface area contributed by atoms with E-state index in [0.29, 0.717) is 0 Å². The first-order valence-electron chi connectivity index (χ1n) is 9.50. The molecule has 146 valence electrons. The molecule has 2 aliphatic heterocycles. The van der Waals surface area contributed by atoms with Crippen molar-refractivity contribution < 1.29 is 0 Å². The van der Waals surface area contributed by atoms with Crippen molar-refractivity contribution >= 4 is 48.5 Å². The van der Waals surface area contributed by atoms with Gasteiger partial charge >= 0.3 is 126 Å². The normalized spacial score (nSPS) is 16.6. The Kier molecular flexibility index (Phi) is 16.0. The van der Waals surface area contributed by atoms with Crippen LogP contribution in [0.1, 0.15) is 55.4 Å². The molecule has 26 heavy (non-hydrogen) atoms. The quantitative estimate of drug-likeness (QED) is 0.301. The molecule has 0 saturated heterocycles. The Hall–Kier alpha value is 0.479. The van der Waals surface area contributed by atoms with Gasteiger partial charge in [-0.2, -0.15) is 0 Å². The molecule has 2 heterocycles. The van der Waals surface area contributed by atoms with Crippen LogP contribution in [-0.2, 0) is 0 Å². The largest absolute Gasteiger partial charge is 0.0715 e. The molecule has 0 aromatic rings. The SMILES string of the molecule is C[C]1=C(C)C(C)=[C](C)[Ge]1.C[C]1=C(C)C(C)=[C](C)[Ge]1.C[Si](C)C.C[Si](C)C. The number of allylic oxidation sites excluding steroid dienone is 8. The van der Waals surface area contributed by atoms with E-state index in [1.165, 1.54) is 0 Å². The minimum Gasteiger partial charge on any atom is -0.0715 e. The van der Waals surface area contributed by atoms with Gasteiger partial charge in [-0.05, 0) is 0 Å². The summed E-state index contributed by atoms with van der Waals surface area (Å²) in [4.78, 5) is 0. The molecular formula is C22H42Ge2Si2. The summed E-state index contributed by atoms with van der Waals surface area (Å²) in [6.07, 6.45) is 0. The van der Waals surface area contributed by atoms with Crippen LogP contribution in [0.25, 0.3) is 0 Å². The fourth-order valence-electron chi connectivity index (χ4n) is 2.06. The second kappa shape index (κ2) is 14.5. The molecule has 0 aromatic heterocycles. The molecule has 0 aliphatic carbocycles. The molecule has 0 fully saturated rings. The second-order valence-electron chi connectivity index (χ2n) is 8.25. The van der Waals surface area contributed by atoms with E-state index in [4.69, 9.17) is 0 Å². The van der Waals surface area contributed by atoms with Gasteiger partial charge in [0.2, 0.25) is 0 Å². The number of rotatable bonds is 0. The maximum absolute atomic E-state index is 2.27. The molecule has 0 nitrogen and oxygen atoms in total. The fourth-order valence-corrected chi connectivity index (χ4v) is 7.57. The summed E-state index contributed by atoms with van der Waals surface area (Å²) in [7, 11) is 0.241. The molecule has 0 atom stereocenters. The zero-order chi connectivity index (χ0) is 21.2. The van der Waals surface area contributed by atoms with Crippen molar-refractivity contribution in [3.8, 4) is 0 Å². The van der Waals surface area contributed by atoms with Crippen LogP contribution in [0.2, 0.25) is 39.3 Å². The van der Waals surface area contributed by atoms with Crippen LogP contribution < -0.4 is 0 Å². The van der Waals surface area contributed by atoms with Crippen molar-refractivity contribution in [3.63, 3.8) is 0 Å². The van der Waals surface area contributed by atoms with Gasteiger partial charge in [0, 0.05) is 17.6 Å². The molecule has 0 amide bonds. The Bertz CT molecular complexity index is 475. The predicted molar refractivity (Wildman–Crippen MR) is 132 cm³/mol. The van der Waals surface area contributed by atoms with Crippen molar-refractivity contribution in [2.45, 2.75) is 94.7 Å². The van der Waals surface area contributed by atoms with E-state index in [9.17, 15) is 0 Å². The summed E-state index contributed by atoms with van der Waals surface area (Å²) in [5, 5.41) is 0. The van der Waals surface area contributed by atoms with Gasteiger partial charge in [0.05, 0.1) is 0 Å². The molecule has 0 saturated carbocycles. The van der Waals surface area contributed by atoms with Gasteiger partial charge in [-0.3, -0.25) is 0 Å². The van der Waals surface area contributed by atoms with E-state index < -0.39 is 0 Å². The molecule has 2 rings (SSSR count). The summed E-state index contributed by atoms with van der Waals surface area (Å²) >= 11 is 0.343. The summed E-state index contributed by atoms with van der Waals surface area (Å²) in [6, 6.07) is 0. The molecule has 6 radical (unpaired) electrons. The molecule has 0 unspecified atom stereocenters. The molecule has 0 spiro atoms. The number of hydrogen-bond donors (Lipinski definition) is 0. The van der Waals surface area contributed by atoms with Crippen molar-refractivity contribution in [1.82, 2.24) is 0 Å². The van der Waals surface area contributed by atoms with Crippen molar-refractivity contribution in [2.24, 2.45) is 0 Å². The van der Waals surface area contributed by atoms with E-state index in [1.54, 1.807) is 39.9 Å².